The van der Waals surface area contributed by atoms with Crippen LogP contribution in [0.5, 0.6) is 11.5 Å². The van der Waals surface area contributed by atoms with Gasteiger partial charge in [0.2, 0.25) is 0 Å². The Labute approximate surface area is 181 Å². The highest BCUT2D eigenvalue weighted by molar-refractivity contribution is 5.42. The fourth-order valence-corrected chi connectivity index (χ4v) is 3.68. The van der Waals surface area contributed by atoms with Crippen LogP contribution in [0.3, 0.4) is 0 Å². The largest absolute Gasteiger partial charge is 0.491 e. The molecule has 0 aliphatic rings. The molecule has 30 heavy (non-hydrogen) atoms. The number of aliphatic hydroxyl groups excluding tert-OH is 2. The Hall–Kier alpha value is -2.04. The molecule has 2 aromatic carbocycles. The van der Waals surface area contributed by atoms with Crippen molar-refractivity contribution in [2.45, 2.75) is 71.5 Å². The van der Waals surface area contributed by atoms with Crippen molar-refractivity contribution in [1.82, 2.24) is 0 Å². The van der Waals surface area contributed by atoms with Crippen LogP contribution in [0.2, 0.25) is 0 Å². The molecular formula is C26H38O4. The maximum atomic E-state index is 9.71. The number of benzene rings is 2. The van der Waals surface area contributed by atoms with Gasteiger partial charge in [-0.3, -0.25) is 0 Å². The molecule has 2 unspecified atom stereocenters. The van der Waals surface area contributed by atoms with E-state index in [4.69, 9.17) is 9.47 Å². The average molecular weight is 415 g/mol. The molecule has 4 heteroatoms. The van der Waals surface area contributed by atoms with Crippen molar-refractivity contribution in [3.8, 4) is 11.5 Å². The summed E-state index contributed by atoms with van der Waals surface area (Å²) < 4.78 is 11.4. The Kier molecular flexibility index (Phi) is 9.19. The number of hydrogen-bond donors (Lipinski definition) is 2. The average Bonchev–Trinajstić information content (AvgIpc) is 2.75. The molecule has 0 amide bonds. The Bertz CT molecular complexity index is 679. The molecule has 2 N–H and O–H groups in total. The topological polar surface area (TPSA) is 58.9 Å². The Morgan fingerprint density at radius 1 is 0.733 bits per heavy atom. The molecule has 0 radical (unpaired) electrons. The number of rotatable bonds is 12. The summed E-state index contributed by atoms with van der Waals surface area (Å²) in [6.45, 7) is 11.3. The van der Waals surface area contributed by atoms with Gasteiger partial charge in [-0.1, -0.05) is 58.9 Å². The summed E-state index contributed by atoms with van der Waals surface area (Å²) in [6.07, 6.45) is 1.50. The Morgan fingerprint density at radius 2 is 1.10 bits per heavy atom. The van der Waals surface area contributed by atoms with Gasteiger partial charge in [-0.25, -0.2) is 0 Å². The first-order valence-electron chi connectivity index (χ1n) is 11.1. The lowest BCUT2D eigenvalue weighted by molar-refractivity contribution is 0.104. The standard InChI is InChI=1S/C26H38O4/c1-6-22(27)17-29-24-12-8-20(9-13-24)26(5,16-19(3)4)21-10-14-25(15-11-21)30-18-23(28)7-2/h8-15,19,22-23,27-28H,6-7,16-18H2,1-5H3. The fraction of sp³-hybridized carbons (Fsp3) is 0.538. The zero-order valence-electron chi connectivity index (χ0n) is 19.1. The Balaban J connectivity index is 2.20. The van der Waals surface area contributed by atoms with Crippen LogP contribution in [-0.4, -0.2) is 35.6 Å². The molecule has 0 bridgehead atoms. The highest BCUT2D eigenvalue weighted by Gasteiger charge is 2.30. The van der Waals surface area contributed by atoms with Crippen LogP contribution in [0.4, 0.5) is 0 Å². The van der Waals surface area contributed by atoms with E-state index in [2.05, 4.69) is 45.0 Å². The molecule has 0 fully saturated rings. The Morgan fingerprint density at radius 3 is 1.40 bits per heavy atom. The summed E-state index contributed by atoms with van der Waals surface area (Å²) >= 11 is 0. The van der Waals surface area contributed by atoms with E-state index in [0.29, 0.717) is 32.0 Å². The van der Waals surface area contributed by atoms with Crippen LogP contribution < -0.4 is 9.47 Å². The summed E-state index contributed by atoms with van der Waals surface area (Å²) in [7, 11) is 0. The fourth-order valence-electron chi connectivity index (χ4n) is 3.68. The molecule has 0 aliphatic carbocycles. The minimum absolute atomic E-state index is 0.142. The van der Waals surface area contributed by atoms with Crippen molar-refractivity contribution in [2.75, 3.05) is 13.2 Å². The van der Waals surface area contributed by atoms with Gasteiger partial charge in [-0.2, -0.15) is 0 Å². The van der Waals surface area contributed by atoms with Crippen molar-refractivity contribution in [3.63, 3.8) is 0 Å². The van der Waals surface area contributed by atoms with Gasteiger partial charge in [0, 0.05) is 5.41 Å². The van der Waals surface area contributed by atoms with Crippen molar-refractivity contribution < 1.29 is 19.7 Å². The van der Waals surface area contributed by atoms with Gasteiger partial charge < -0.3 is 19.7 Å². The third-order valence-electron chi connectivity index (χ3n) is 5.63. The second kappa shape index (κ2) is 11.4. The lowest BCUT2D eigenvalue weighted by atomic mass is 9.71. The van der Waals surface area contributed by atoms with E-state index in [1.54, 1.807) is 0 Å². The zero-order chi connectivity index (χ0) is 22.1. The summed E-state index contributed by atoms with van der Waals surface area (Å²) in [5.41, 5.74) is 2.32. The van der Waals surface area contributed by atoms with E-state index in [1.165, 1.54) is 11.1 Å². The van der Waals surface area contributed by atoms with Gasteiger partial charge >= 0.3 is 0 Å². The second-order valence-electron chi connectivity index (χ2n) is 8.72. The molecule has 0 spiro atoms. The lowest BCUT2D eigenvalue weighted by Gasteiger charge is -2.33. The normalized spacial score (nSPS) is 15.5. The highest BCUT2D eigenvalue weighted by Crippen LogP contribution is 2.39. The van der Waals surface area contributed by atoms with Crippen LogP contribution in [0.1, 0.15) is 65.0 Å². The first-order valence-corrected chi connectivity index (χ1v) is 11.1. The van der Waals surface area contributed by atoms with Gasteiger partial charge in [0.15, 0.2) is 0 Å². The molecular weight excluding hydrogens is 376 g/mol. The lowest BCUT2D eigenvalue weighted by Crippen LogP contribution is -2.26. The van der Waals surface area contributed by atoms with Crippen LogP contribution in [0, 0.1) is 5.92 Å². The smallest absolute Gasteiger partial charge is 0.119 e. The molecule has 0 aliphatic heterocycles. The first-order chi connectivity index (χ1) is 14.3. The molecule has 2 rings (SSSR count). The van der Waals surface area contributed by atoms with Crippen LogP contribution in [0.25, 0.3) is 0 Å². The molecule has 2 aromatic rings. The summed E-state index contributed by atoms with van der Waals surface area (Å²) in [5.74, 6) is 2.08. The minimum Gasteiger partial charge on any atom is -0.491 e. The summed E-state index contributed by atoms with van der Waals surface area (Å²) in [5, 5.41) is 19.4. The van der Waals surface area contributed by atoms with Crippen molar-refractivity contribution in [3.05, 3.63) is 59.7 Å². The first kappa shape index (κ1) is 24.2. The van der Waals surface area contributed by atoms with E-state index in [0.717, 1.165) is 17.9 Å². The number of aliphatic hydroxyl groups is 2. The molecule has 0 aromatic heterocycles. The summed E-state index contributed by atoms with van der Waals surface area (Å²) in [4.78, 5) is 0. The van der Waals surface area contributed by atoms with Gasteiger partial charge in [-0.15, -0.1) is 0 Å². The van der Waals surface area contributed by atoms with Gasteiger partial charge in [0.25, 0.3) is 0 Å². The van der Waals surface area contributed by atoms with Crippen molar-refractivity contribution >= 4 is 0 Å². The molecule has 166 valence electrons. The van der Waals surface area contributed by atoms with E-state index < -0.39 is 12.2 Å². The molecule has 0 heterocycles. The van der Waals surface area contributed by atoms with Gasteiger partial charge in [-0.05, 0) is 60.6 Å². The summed E-state index contributed by atoms with van der Waals surface area (Å²) in [6, 6.07) is 16.4. The van der Waals surface area contributed by atoms with E-state index in [1.807, 2.05) is 38.1 Å². The van der Waals surface area contributed by atoms with Gasteiger partial charge in [0.05, 0.1) is 12.2 Å². The SMILES string of the molecule is CCC(O)COc1ccc(C(C)(CC(C)C)c2ccc(OCC(O)CC)cc2)cc1. The monoisotopic (exact) mass is 414 g/mol. The third-order valence-corrected chi connectivity index (χ3v) is 5.63. The molecule has 0 saturated carbocycles. The minimum atomic E-state index is -0.435. The maximum absolute atomic E-state index is 9.71. The number of hydrogen-bond acceptors (Lipinski definition) is 4. The van der Waals surface area contributed by atoms with Crippen LogP contribution >= 0.6 is 0 Å². The van der Waals surface area contributed by atoms with E-state index in [-0.39, 0.29) is 5.41 Å². The molecule has 0 saturated heterocycles. The van der Waals surface area contributed by atoms with Crippen molar-refractivity contribution in [2.24, 2.45) is 5.92 Å². The highest BCUT2D eigenvalue weighted by atomic mass is 16.5. The van der Waals surface area contributed by atoms with Crippen LogP contribution in [-0.2, 0) is 5.41 Å². The van der Waals surface area contributed by atoms with Gasteiger partial charge in [0.1, 0.15) is 24.7 Å². The van der Waals surface area contributed by atoms with E-state index >= 15 is 0 Å². The van der Waals surface area contributed by atoms with Crippen LogP contribution in [0.15, 0.2) is 48.5 Å². The second-order valence-corrected chi connectivity index (χ2v) is 8.72. The maximum Gasteiger partial charge on any atom is 0.119 e. The number of ether oxygens (including phenoxy) is 2. The van der Waals surface area contributed by atoms with E-state index in [9.17, 15) is 10.2 Å². The predicted molar refractivity (Wildman–Crippen MR) is 122 cm³/mol. The molecule has 4 nitrogen and oxygen atoms in total. The van der Waals surface area contributed by atoms with Crippen molar-refractivity contribution in [1.29, 1.82) is 0 Å². The third kappa shape index (κ3) is 6.75. The molecule has 2 atom stereocenters. The zero-order valence-corrected chi connectivity index (χ0v) is 19.1. The quantitative estimate of drug-likeness (QED) is 0.492. The predicted octanol–water partition coefficient (Wildman–Crippen LogP) is 5.34.